The molecular formula is C14H26N2OS. The Bertz CT molecular complexity index is 357. The molecule has 0 aliphatic rings. The van der Waals surface area contributed by atoms with Crippen molar-refractivity contribution in [2.24, 2.45) is 5.41 Å². The van der Waals surface area contributed by atoms with E-state index < -0.39 is 0 Å². The summed E-state index contributed by atoms with van der Waals surface area (Å²) in [5.74, 6) is 0. The predicted octanol–water partition coefficient (Wildman–Crippen LogP) is 3.03. The first kappa shape index (κ1) is 15.6. The molecule has 0 aliphatic heterocycles. The van der Waals surface area contributed by atoms with Gasteiger partial charge >= 0.3 is 0 Å². The Morgan fingerprint density at radius 3 is 2.50 bits per heavy atom. The molecule has 0 saturated heterocycles. The smallest absolute Gasteiger partial charge is 0.0897 e. The molecule has 2 unspecified atom stereocenters. The summed E-state index contributed by atoms with van der Waals surface area (Å²) < 4.78 is 5.95. The van der Waals surface area contributed by atoms with Crippen molar-refractivity contribution in [2.45, 2.75) is 53.2 Å². The van der Waals surface area contributed by atoms with Crippen LogP contribution in [0.5, 0.6) is 0 Å². The summed E-state index contributed by atoms with van der Waals surface area (Å²) in [7, 11) is 2.00. The summed E-state index contributed by atoms with van der Waals surface area (Å²) in [4.78, 5) is 4.55. The van der Waals surface area contributed by atoms with E-state index in [1.807, 2.05) is 14.0 Å². The van der Waals surface area contributed by atoms with E-state index in [4.69, 9.17) is 4.74 Å². The zero-order valence-electron chi connectivity index (χ0n) is 12.4. The summed E-state index contributed by atoms with van der Waals surface area (Å²) in [5, 5.41) is 6.66. The Kier molecular flexibility index (Phi) is 5.76. The summed E-state index contributed by atoms with van der Waals surface area (Å²) >= 11 is 1.71. The molecule has 4 heteroatoms. The van der Waals surface area contributed by atoms with Crippen LogP contribution in [-0.2, 0) is 11.2 Å². The summed E-state index contributed by atoms with van der Waals surface area (Å²) in [5.41, 5.74) is 1.28. The van der Waals surface area contributed by atoms with Crippen LogP contribution in [0.25, 0.3) is 0 Å². The number of aryl methyl sites for hydroxylation is 1. The second-order valence-electron chi connectivity index (χ2n) is 5.70. The van der Waals surface area contributed by atoms with E-state index in [0.717, 1.165) is 23.7 Å². The molecule has 0 amide bonds. The van der Waals surface area contributed by atoms with E-state index in [0.29, 0.717) is 6.04 Å². The fraction of sp³-hybridized carbons (Fsp3) is 0.786. The lowest BCUT2D eigenvalue weighted by Gasteiger charge is -2.36. The molecule has 0 radical (unpaired) electrons. The van der Waals surface area contributed by atoms with Crippen LogP contribution in [0.1, 0.15) is 38.4 Å². The van der Waals surface area contributed by atoms with E-state index >= 15 is 0 Å². The van der Waals surface area contributed by atoms with Crippen LogP contribution in [0, 0.1) is 12.3 Å². The number of ether oxygens (including phenoxy) is 1. The molecule has 1 N–H and O–H groups in total. The molecule has 18 heavy (non-hydrogen) atoms. The van der Waals surface area contributed by atoms with Gasteiger partial charge in [-0.1, -0.05) is 20.8 Å². The van der Waals surface area contributed by atoms with Gasteiger partial charge in [-0.3, -0.25) is 0 Å². The molecule has 0 aliphatic carbocycles. The predicted molar refractivity (Wildman–Crippen MR) is 78.3 cm³/mol. The molecule has 2 atom stereocenters. The molecule has 1 aromatic rings. The van der Waals surface area contributed by atoms with Gasteiger partial charge in [-0.05, 0) is 26.3 Å². The first-order valence-corrected chi connectivity index (χ1v) is 7.46. The quantitative estimate of drug-likeness (QED) is 0.863. The van der Waals surface area contributed by atoms with Crippen LogP contribution in [0.2, 0.25) is 0 Å². The average Bonchev–Trinajstić information content (AvgIpc) is 2.67. The van der Waals surface area contributed by atoms with Crippen LogP contribution < -0.4 is 5.32 Å². The van der Waals surface area contributed by atoms with Crippen molar-refractivity contribution in [2.75, 3.05) is 13.7 Å². The third-order valence-corrected chi connectivity index (χ3v) is 3.85. The topological polar surface area (TPSA) is 34.1 Å². The first-order valence-electron chi connectivity index (χ1n) is 6.58. The maximum Gasteiger partial charge on any atom is 0.0897 e. The highest BCUT2D eigenvalue weighted by Crippen LogP contribution is 2.26. The van der Waals surface area contributed by atoms with Crippen LogP contribution >= 0.6 is 11.3 Å². The summed E-state index contributed by atoms with van der Waals surface area (Å²) in [6.45, 7) is 11.5. The molecule has 0 aromatic carbocycles. The van der Waals surface area contributed by atoms with Gasteiger partial charge in [-0.2, -0.15) is 0 Å². The number of hydrogen-bond acceptors (Lipinski definition) is 4. The fourth-order valence-corrected chi connectivity index (χ4v) is 2.86. The van der Waals surface area contributed by atoms with E-state index in [1.165, 1.54) is 0 Å². The molecule has 1 aromatic heterocycles. The second kappa shape index (κ2) is 6.64. The van der Waals surface area contributed by atoms with E-state index in [1.54, 1.807) is 11.3 Å². The number of hydrogen-bond donors (Lipinski definition) is 1. The van der Waals surface area contributed by atoms with Crippen molar-refractivity contribution in [1.82, 2.24) is 10.3 Å². The number of likely N-dealkylation sites (N-methyl/N-ethyl adjacent to an activating group) is 1. The molecule has 0 fully saturated rings. The van der Waals surface area contributed by atoms with Crippen molar-refractivity contribution in [3.63, 3.8) is 0 Å². The minimum absolute atomic E-state index is 0.120. The molecule has 0 saturated carbocycles. The van der Waals surface area contributed by atoms with Crippen LogP contribution in [0.3, 0.4) is 0 Å². The monoisotopic (exact) mass is 270 g/mol. The van der Waals surface area contributed by atoms with Gasteiger partial charge < -0.3 is 10.1 Å². The lowest BCUT2D eigenvalue weighted by molar-refractivity contribution is -0.0342. The molecule has 3 nitrogen and oxygen atoms in total. The van der Waals surface area contributed by atoms with Gasteiger partial charge in [-0.15, -0.1) is 11.3 Å². The molecule has 0 spiro atoms. The van der Waals surface area contributed by atoms with Gasteiger partial charge in [-0.25, -0.2) is 4.98 Å². The zero-order valence-corrected chi connectivity index (χ0v) is 13.2. The van der Waals surface area contributed by atoms with Gasteiger partial charge in [0.15, 0.2) is 0 Å². The van der Waals surface area contributed by atoms with Crippen LogP contribution in [-0.4, -0.2) is 30.8 Å². The number of nitrogens with zero attached hydrogens (tertiary/aromatic N) is 1. The van der Waals surface area contributed by atoms with E-state index in [2.05, 4.69) is 43.4 Å². The van der Waals surface area contributed by atoms with Crippen molar-refractivity contribution < 1.29 is 4.74 Å². The van der Waals surface area contributed by atoms with Gasteiger partial charge in [0.2, 0.25) is 0 Å². The molecule has 0 bridgehead atoms. The van der Waals surface area contributed by atoms with Crippen molar-refractivity contribution >= 4 is 11.3 Å². The van der Waals surface area contributed by atoms with Gasteiger partial charge in [0.1, 0.15) is 0 Å². The highest BCUT2D eigenvalue weighted by atomic mass is 32.1. The lowest BCUT2D eigenvalue weighted by atomic mass is 9.83. The summed E-state index contributed by atoms with van der Waals surface area (Å²) in [6, 6.07) is 0.298. The third kappa shape index (κ3) is 4.34. The Morgan fingerprint density at radius 2 is 2.11 bits per heavy atom. The maximum atomic E-state index is 5.95. The number of rotatable bonds is 6. The number of nitrogens with one attached hydrogen (secondary N) is 1. The van der Waals surface area contributed by atoms with Crippen LogP contribution in [0.4, 0.5) is 0 Å². The Labute approximate surface area is 115 Å². The fourth-order valence-electron chi connectivity index (χ4n) is 2.24. The number of thiazole rings is 1. The number of aromatic nitrogens is 1. The average molecular weight is 270 g/mol. The summed E-state index contributed by atoms with van der Waals surface area (Å²) in [6.07, 6.45) is 1.11. The van der Waals surface area contributed by atoms with E-state index in [-0.39, 0.29) is 11.5 Å². The maximum absolute atomic E-state index is 5.95. The van der Waals surface area contributed by atoms with Crippen molar-refractivity contribution in [3.05, 3.63) is 16.1 Å². The second-order valence-corrected chi connectivity index (χ2v) is 6.76. The first-order chi connectivity index (χ1) is 8.38. The normalized spacial score (nSPS) is 15.7. The molecular weight excluding hydrogens is 244 g/mol. The van der Waals surface area contributed by atoms with Gasteiger partial charge in [0.05, 0.1) is 16.8 Å². The Balaban J connectivity index is 2.79. The highest BCUT2D eigenvalue weighted by Gasteiger charge is 2.32. The SMILES string of the molecule is CCOC(C(Cc1csc(C)n1)NC)C(C)(C)C. The molecule has 1 heterocycles. The Hall–Kier alpha value is -0.450. The molecule has 104 valence electrons. The zero-order chi connectivity index (χ0) is 13.8. The van der Waals surface area contributed by atoms with Crippen LogP contribution in [0.15, 0.2) is 5.38 Å². The van der Waals surface area contributed by atoms with E-state index in [9.17, 15) is 0 Å². The van der Waals surface area contributed by atoms with Gasteiger partial charge in [0, 0.05) is 24.4 Å². The van der Waals surface area contributed by atoms with Crippen molar-refractivity contribution in [1.29, 1.82) is 0 Å². The highest BCUT2D eigenvalue weighted by molar-refractivity contribution is 7.09. The Morgan fingerprint density at radius 1 is 1.44 bits per heavy atom. The standard InChI is InChI=1S/C14H26N2OS/c1-7-17-13(14(3,4)5)12(15-6)8-11-9-18-10(2)16-11/h9,12-13,15H,7-8H2,1-6H3. The largest absolute Gasteiger partial charge is 0.376 e. The minimum atomic E-state index is 0.120. The third-order valence-electron chi connectivity index (χ3n) is 3.03. The lowest BCUT2D eigenvalue weighted by Crippen LogP contribution is -2.48. The van der Waals surface area contributed by atoms with Crippen molar-refractivity contribution in [3.8, 4) is 0 Å². The van der Waals surface area contributed by atoms with Gasteiger partial charge in [0.25, 0.3) is 0 Å². The minimum Gasteiger partial charge on any atom is -0.376 e. The molecule has 1 rings (SSSR count).